The Balaban J connectivity index is 2.19. The molecule has 0 aliphatic carbocycles. The molecule has 112 valence electrons. The number of hydrogen-bond acceptors (Lipinski definition) is 3. The van der Waals surface area contributed by atoms with Crippen LogP contribution in [0.3, 0.4) is 0 Å². The molecule has 1 heterocycles. The first-order chi connectivity index (χ1) is 9.50. The summed E-state index contributed by atoms with van der Waals surface area (Å²) in [6, 6.07) is 6.94. The lowest BCUT2D eigenvalue weighted by molar-refractivity contribution is 0.200. The van der Waals surface area contributed by atoms with Crippen LogP contribution in [0.15, 0.2) is 24.3 Å². The highest BCUT2D eigenvalue weighted by molar-refractivity contribution is 7.90. The van der Waals surface area contributed by atoms with Gasteiger partial charge in [0.05, 0.1) is 11.8 Å². The Morgan fingerprint density at radius 1 is 1.15 bits per heavy atom. The lowest BCUT2D eigenvalue weighted by atomic mass is 10.1. The number of nitrogens with one attached hydrogen (secondary N) is 1. The normalized spacial score (nSPS) is 19.3. The van der Waals surface area contributed by atoms with Crippen LogP contribution in [0.2, 0.25) is 0 Å². The number of nitrogens with zero attached hydrogens (tertiary/aromatic N) is 1. The van der Waals surface area contributed by atoms with Crippen molar-refractivity contribution < 1.29 is 13.5 Å². The van der Waals surface area contributed by atoms with Gasteiger partial charge in [0.15, 0.2) is 0 Å². The van der Waals surface area contributed by atoms with Crippen molar-refractivity contribution in [2.45, 2.75) is 38.7 Å². The minimum atomic E-state index is -3.54. The zero-order chi connectivity index (χ0) is 14.6. The highest BCUT2D eigenvalue weighted by Gasteiger charge is 2.24. The number of aliphatic hydroxyl groups is 1. The van der Waals surface area contributed by atoms with Crippen LogP contribution in [0.1, 0.15) is 44.3 Å². The largest absolute Gasteiger partial charge is 0.389 e. The standard InChI is InChI=1S/C14H22N2O3S/c1-12(17)13-8-4-5-9-14(13)15-20(18,19)16-10-6-2-3-7-11-16/h4-5,8-9,12,15,17H,2-3,6-7,10-11H2,1H3. The van der Waals surface area contributed by atoms with Crippen LogP contribution in [0.5, 0.6) is 0 Å². The molecule has 20 heavy (non-hydrogen) atoms. The monoisotopic (exact) mass is 298 g/mol. The molecule has 2 N–H and O–H groups in total. The second kappa shape index (κ2) is 6.56. The molecule has 1 fully saturated rings. The van der Waals surface area contributed by atoms with Gasteiger partial charge in [-0.3, -0.25) is 4.72 Å². The fraction of sp³-hybridized carbons (Fsp3) is 0.571. The quantitative estimate of drug-likeness (QED) is 0.896. The highest BCUT2D eigenvalue weighted by Crippen LogP contribution is 2.24. The Labute approximate surface area is 120 Å². The number of anilines is 1. The number of benzene rings is 1. The molecule has 0 aromatic heterocycles. The third-order valence-electron chi connectivity index (χ3n) is 3.55. The van der Waals surface area contributed by atoms with Crippen molar-refractivity contribution in [1.29, 1.82) is 0 Å². The summed E-state index contributed by atoms with van der Waals surface area (Å²) in [5, 5.41) is 9.71. The smallest absolute Gasteiger partial charge is 0.301 e. The van der Waals surface area contributed by atoms with E-state index in [0.717, 1.165) is 25.7 Å². The number of aliphatic hydroxyl groups excluding tert-OH is 1. The van der Waals surface area contributed by atoms with Crippen molar-refractivity contribution >= 4 is 15.9 Å². The minimum absolute atomic E-state index is 0.451. The molecule has 1 saturated heterocycles. The van der Waals surface area contributed by atoms with Crippen molar-refractivity contribution in [3.05, 3.63) is 29.8 Å². The molecular weight excluding hydrogens is 276 g/mol. The summed E-state index contributed by atoms with van der Waals surface area (Å²) >= 11 is 0. The first-order valence-corrected chi connectivity index (χ1v) is 8.49. The van der Waals surface area contributed by atoms with Crippen molar-refractivity contribution in [2.24, 2.45) is 0 Å². The lowest BCUT2D eigenvalue weighted by Crippen LogP contribution is -2.36. The molecule has 2 rings (SSSR count). The van der Waals surface area contributed by atoms with Gasteiger partial charge in [-0.15, -0.1) is 0 Å². The zero-order valence-corrected chi connectivity index (χ0v) is 12.6. The Morgan fingerprint density at radius 2 is 1.75 bits per heavy atom. The summed E-state index contributed by atoms with van der Waals surface area (Å²) in [5.41, 5.74) is 1.04. The first kappa shape index (κ1) is 15.3. The van der Waals surface area contributed by atoms with Gasteiger partial charge in [0.2, 0.25) is 0 Å². The molecule has 0 spiro atoms. The van der Waals surface area contributed by atoms with Crippen LogP contribution >= 0.6 is 0 Å². The summed E-state index contributed by atoms with van der Waals surface area (Å²) in [6.45, 7) is 2.75. The Hall–Kier alpha value is -1.11. The molecule has 1 atom stereocenters. The van der Waals surface area contributed by atoms with Crippen molar-refractivity contribution in [3.63, 3.8) is 0 Å². The van der Waals surface area contributed by atoms with E-state index in [1.54, 1.807) is 31.2 Å². The van der Waals surface area contributed by atoms with Crippen LogP contribution in [0, 0.1) is 0 Å². The molecule has 1 unspecified atom stereocenters. The molecule has 0 saturated carbocycles. The molecule has 1 aliphatic heterocycles. The van der Waals surface area contributed by atoms with Gasteiger partial charge in [-0.1, -0.05) is 31.0 Å². The molecule has 0 radical (unpaired) electrons. The maximum absolute atomic E-state index is 12.4. The Morgan fingerprint density at radius 3 is 2.35 bits per heavy atom. The van der Waals surface area contributed by atoms with E-state index in [1.807, 2.05) is 0 Å². The van der Waals surface area contributed by atoms with E-state index in [4.69, 9.17) is 0 Å². The first-order valence-electron chi connectivity index (χ1n) is 7.05. The summed E-state index contributed by atoms with van der Waals surface area (Å²) in [6.07, 6.45) is 3.25. The highest BCUT2D eigenvalue weighted by atomic mass is 32.2. The Bertz CT molecular complexity index is 535. The summed E-state index contributed by atoms with van der Waals surface area (Å²) in [7, 11) is -3.54. The summed E-state index contributed by atoms with van der Waals surface area (Å²) in [4.78, 5) is 0. The zero-order valence-electron chi connectivity index (χ0n) is 11.7. The third-order valence-corrected chi connectivity index (χ3v) is 5.08. The molecule has 5 nitrogen and oxygen atoms in total. The van der Waals surface area contributed by atoms with E-state index in [9.17, 15) is 13.5 Å². The predicted octanol–water partition coefficient (Wildman–Crippen LogP) is 2.27. The third kappa shape index (κ3) is 3.71. The van der Waals surface area contributed by atoms with Gasteiger partial charge in [-0.25, -0.2) is 0 Å². The fourth-order valence-electron chi connectivity index (χ4n) is 2.44. The van der Waals surface area contributed by atoms with Crippen LogP contribution in [0.25, 0.3) is 0 Å². The van der Waals surface area contributed by atoms with Gasteiger partial charge in [0.25, 0.3) is 0 Å². The van der Waals surface area contributed by atoms with Crippen LogP contribution in [-0.2, 0) is 10.2 Å². The van der Waals surface area contributed by atoms with Crippen LogP contribution < -0.4 is 4.72 Å². The second-order valence-electron chi connectivity index (χ2n) is 5.18. The van der Waals surface area contributed by atoms with E-state index in [-0.39, 0.29) is 0 Å². The molecule has 1 aliphatic rings. The predicted molar refractivity (Wildman–Crippen MR) is 79.7 cm³/mol. The van der Waals surface area contributed by atoms with Gasteiger partial charge in [-0.2, -0.15) is 12.7 Å². The van der Waals surface area contributed by atoms with Gasteiger partial charge in [0.1, 0.15) is 0 Å². The van der Waals surface area contributed by atoms with Crippen LogP contribution in [-0.4, -0.2) is 30.9 Å². The van der Waals surface area contributed by atoms with Crippen molar-refractivity contribution in [2.75, 3.05) is 17.8 Å². The van der Waals surface area contributed by atoms with E-state index < -0.39 is 16.3 Å². The minimum Gasteiger partial charge on any atom is -0.389 e. The SMILES string of the molecule is CC(O)c1ccccc1NS(=O)(=O)N1CCCCCC1. The van der Waals surface area contributed by atoms with E-state index in [2.05, 4.69) is 4.72 Å². The molecule has 6 heteroatoms. The fourth-order valence-corrected chi connectivity index (χ4v) is 3.77. The molecule has 0 bridgehead atoms. The molecule has 1 aromatic carbocycles. The van der Waals surface area contributed by atoms with Gasteiger partial charge >= 0.3 is 10.2 Å². The maximum Gasteiger partial charge on any atom is 0.301 e. The molecule has 1 aromatic rings. The Kier molecular flexibility index (Phi) is 5.01. The van der Waals surface area contributed by atoms with E-state index in [1.165, 1.54) is 4.31 Å². The number of para-hydroxylation sites is 1. The van der Waals surface area contributed by atoms with Crippen LogP contribution in [0.4, 0.5) is 5.69 Å². The average Bonchev–Trinajstić information content (AvgIpc) is 2.68. The van der Waals surface area contributed by atoms with Gasteiger partial charge in [-0.05, 0) is 25.8 Å². The lowest BCUT2D eigenvalue weighted by Gasteiger charge is -2.22. The van der Waals surface area contributed by atoms with Gasteiger partial charge in [0, 0.05) is 18.7 Å². The summed E-state index contributed by atoms with van der Waals surface area (Å²) in [5.74, 6) is 0. The van der Waals surface area contributed by atoms with E-state index in [0.29, 0.717) is 24.3 Å². The second-order valence-corrected chi connectivity index (χ2v) is 6.85. The molecule has 0 amide bonds. The van der Waals surface area contributed by atoms with E-state index >= 15 is 0 Å². The molecular formula is C14H22N2O3S. The number of rotatable bonds is 4. The van der Waals surface area contributed by atoms with Gasteiger partial charge < -0.3 is 5.11 Å². The number of hydrogen-bond donors (Lipinski definition) is 2. The van der Waals surface area contributed by atoms with Crippen molar-refractivity contribution in [3.8, 4) is 0 Å². The summed E-state index contributed by atoms with van der Waals surface area (Å²) < 4.78 is 28.9. The van der Waals surface area contributed by atoms with Crippen molar-refractivity contribution in [1.82, 2.24) is 4.31 Å². The maximum atomic E-state index is 12.4. The average molecular weight is 298 g/mol. The topological polar surface area (TPSA) is 69.6 Å².